The number of rotatable bonds is 8. The number of likely N-dealkylation sites (tertiary alicyclic amines) is 1. The lowest BCUT2D eigenvalue weighted by Crippen LogP contribution is -2.42. The number of para-hydroxylation sites is 1. The van der Waals surface area contributed by atoms with Crippen molar-refractivity contribution in [1.29, 1.82) is 0 Å². The number of carbonyl (C=O) groups excluding carboxylic acids is 2. The number of ether oxygens (including phenoxy) is 1. The van der Waals surface area contributed by atoms with E-state index in [1.54, 1.807) is 0 Å². The third-order valence-electron chi connectivity index (χ3n) is 4.81. The average molecular weight is 398 g/mol. The molecule has 152 valence electrons. The van der Waals surface area contributed by atoms with Crippen LogP contribution in [0.15, 0.2) is 24.3 Å². The van der Waals surface area contributed by atoms with Gasteiger partial charge in [-0.05, 0) is 45.3 Å². The summed E-state index contributed by atoms with van der Waals surface area (Å²) in [7, 11) is 1.96. The second-order valence-electron chi connectivity index (χ2n) is 6.81. The van der Waals surface area contributed by atoms with Crippen LogP contribution in [0, 0.1) is 5.92 Å². The highest BCUT2D eigenvalue weighted by Crippen LogP contribution is 2.28. The number of nitrogens with zero attached hydrogens (tertiary/aromatic N) is 1. The Morgan fingerprint density at radius 2 is 1.93 bits per heavy atom. The van der Waals surface area contributed by atoms with E-state index in [0.717, 1.165) is 38.0 Å². The monoisotopic (exact) mass is 397 g/mol. The van der Waals surface area contributed by atoms with Crippen molar-refractivity contribution in [3.8, 4) is 5.75 Å². The van der Waals surface area contributed by atoms with E-state index in [0.29, 0.717) is 18.3 Å². The van der Waals surface area contributed by atoms with Gasteiger partial charge in [0, 0.05) is 25.6 Å². The van der Waals surface area contributed by atoms with Crippen molar-refractivity contribution in [1.82, 2.24) is 15.5 Å². The minimum atomic E-state index is -0.377. The van der Waals surface area contributed by atoms with Crippen LogP contribution in [-0.2, 0) is 9.59 Å². The fraction of sp³-hybridized carbons (Fsp3) is 0.600. The Balaban J connectivity index is 0.00000364. The normalized spacial score (nSPS) is 15.6. The first kappa shape index (κ1) is 23.2. The highest BCUT2D eigenvalue weighted by molar-refractivity contribution is 5.85. The van der Waals surface area contributed by atoms with Gasteiger partial charge in [0.2, 0.25) is 11.8 Å². The molecule has 1 atom stereocenters. The highest BCUT2D eigenvalue weighted by atomic mass is 35.5. The molecule has 1 aromatic carbocycles. The zero-order valence-electron chi connectivity index (χ0n) is 16.5. The maximum Gasteiger partial charge on any atom is 0.224 e. The van der Waals surface area contributed by atoms with Crippen molar-refractivity contribution in [3.63, 3.8) is 0 Å². The van der Waals surface area contributed by atoms with Gasteiger partial charge in [-0.1, -0.05) is 18.2 Å². The van der Waals surface area contributed by atoms with Crippen molar-refractivity contribution >= 4 is 24.2 Å². The second-order valence-corrected chi connectivity index (χ2v) is 6.81. The molecule has 1 unspecified atom stereocenters. The van der Waals surface area contributed by atoms with E-state index < -0.39 is 0 Å². The molecule has 27 heavy (non-hydrogen) atoms. The summed E-state index contributed by atoms with van der Waals surface area (Å²) in [5.41, 5.74) is 0.850. The van der Waals surface area contributed by atoms with Gasteiger partial charge in [-0.2, -0.15) is 0 Å². The highest BCUT2D eigenvalue weighted by Gasteiger charge is 2.26. The fourth-order valence-electron chi connectivity index (χ4n) is 3.52. The first-order valence-corrected chi connectivity index (χ1v) is 9.46. The van der Waals surface area contributed by atoms with E-state index in [1.165, 1.54) is 6.92 Å². The molecule has 0 radical (unpaired) electrons. The molecule has 7 heteroatoms. The predicted octanol–water partition coefficient (Wildman–Crippen LogP) is 2.53. The van der Waals surface area contributed by atoms with Crippen molar-refractivity contribution in [3.05, 3.63) is 29.8 Å². The first-order chi connectivity index (χ1) is 12.5. The number of hydrogen-bond acceptors (Lipinski definition) is 4. The average Bonchev–Trinajstić information content (AvgIpc) is 2.62. The summed E-state index contributed by atoms with van der Waals surface area (Å²) in [4.78, 5) is 26.4. The molecular formula is C20H32ClN3O3. The number of halogens is 1. The van der Waals surface area contributed by atoms with Crippen molar-refractivity contribution < 1.29 is 14.3 Å². The Hall–Kier alpha value is -1.79. The number of nitrogens with one attached hydrogen (secondary N) is 2. The van der Waals surface area contributed by atoms with E-state index in [1.807, 2.05) is 43.1 Å². The number of hydrogen-bond donors (Lipinski definition) is 2. The Morgan fingerprint density at radius 1 is 1.26 bits per heavy atom. The third kappa shape index (κ3) is 7.03. The lowest BCUT2D eigenvalue weighted by atomic mass is 9.95. The zero-order valence-corrected chi connectivity index (χ0v) is 17.3. The van der Waals surface area contributed by atoms with Gasteiger partial charge >= 0.3 is 0 Å². The van der Waals surface area contributed by atoms with E-state index >= 15 is 0 Å². The van der Waals surface area contributed by atoms with Crippen LogP contribution in [0.25, 0.3) is 0 Å². The van der Waals surface area contributed by atoms with E-state index in [2.05, 4.69) is 10.6 Å². The molecule has 2 amide bonds. The molecule has 2 rings (SSSR count). The van der Waals surface area contributed by atoms with Gasteiger partial charge in [0.1, 0.15) is 5.75 Å². The minimum absolute atomic E-state index is 0. The lowest BCUT2D eigenvalue weighted by Gasteiger charge is -2.33. The third-order valence-corrected chi connectivity index (χ3v) is 4.81. The summed E-state index contributed by atoms with van der Waals surface area (Å²) >= 11 is 0. The zero-order chi connectivity index (χ0) is 18.9. The molecule has 1 aliphatic rings. The van der Waals surface area contributed by atoms with Crippen molar-refractivity contribution in [2.24, 2.45) is 5.92 Å². The van der Waals surface area contributed by atoms with E-state index in [4.69, 9.17) is 4.74 Å². The van der Waals surface area contributed by atoms with Crippen LogP contribution >= 0.6 is 12.4 Å². The Labute approximate surface area is 168 Å². The number of amides is 2. The molecule has 2 N–H and O–H groups in total. The van der Waals surface area contributed by atoms with Crippen LogP contribution in [0.3, 0.4) is 0 Å². The molecule has 1 fully saturated rings. The molecule has 0 saturated carbocycles. The SMILES string of the molecule is CCOc1ccccc1C(CC(=O)N1CCC(CNC)CC1)NC(C)=O.Cl. The van der Waals surface area contributed by atoms with Gasteiger partial charge in [0.25, 0.3) is 0 Å². The summed E-state index contributed by atoms with van der Waals surface area (Å²) in [5.74, 6) is 1.28. The van der Waals surface area contributed by atoms with Crippen molar-refractivity contribution in [2.45, 2.75) is 39.2 Å². The van der Waals surface area contributed by atoms with Gasteiger partial charge in [-0.15, -0.1) is 12.4 Å². The second kappa shape index (κ2) is 11.8. The largest absolute Gasteiger partial charge is 0.494 e. The first-order valence-electron chi connectivity index (χ1n) is 9.46. The maximum atomic E-state index is 12.8. The molecule has 0 bridgehead atoms. The molecule has 1 aromatic rings. The van der Waals surface area contributed by atoms with Crippen LogP contribution < -0.4 is 15.4 Å². The molecule has 0 spiro atoms. The lowest BCUT2D eigenvalue weighted by molar-refractivity contribution is -0.133. The minimum Gasteiger partial charge on any atom is -0.494 e. The fourth-order valence-corrected chi connectivity index (χ4v) is 3.52. The van der Waals surface area contributed by atoms with Gasteiger partial charge in [0.05, 0.1) is 19.1 Å². The summed E-state index contributed by atoms with van der Waals surface area (Å²) in [6, 6.07) is 7.21. The van der Waals surface area contributed by atoms with Crippen LogP contribution in [0.2, 0.25) is 0 Å². The molecule has 1 aliphatic heterocycles. The number of piperidine rings is 1. The summed E-state index contributed by atoms with van der Waals surface area (Å²) < 4.78 is 5.68. The Kier molecular flexibility index (Phi) is 10.2. The Morgan fingerprint density at radius 3 is 2.52 bits per heavy atom. The number of carbonyl (C=O) groups is 2. The van der Waals surface area contributed by atoms with Gasteiger partial charge < -0.3 is 20.3 Å². The van der Waals surface area contributed by atoms with Gasteiger partial charge in [-0.3, -0.25) is 9.59 Å². The molecular weight excluding hydrogens is 366 g/mol. The van der Waals surface area contributed by atoms with Crippen LogP contribution in [-0.4, -0.2) is 50.0 Å². The van der Waals surface area contributed by atoms with Gasteiger partial charge in [-0.25, -0.2) is 0 Å². The van der Waals surface area contributed by atoms with E-state index in [-0.39, 0.29) is 36.7 Å². The Bertz CT molecular complexity index is 604. The summed E-state index contributed by atoms with van der Waals surface area (Å²) in [5, 5.41) is 6.13. The number of benzene rings is 1. The molecule has 0 aromatic heterocycles. The molecule has 0 aliphatic carbocycles. The van der Waals surface area contributed by atoms with Crippen LogP contribution in [0.1, 0.15) is 44.7 Å². The molecule has 1 saturated heterocycles. The maximum absolute atomic E-state index is 12.8. The quantitative estimate of drug-likeness (QED) is 0.707. The van der Waals surface area contributed by atoms with Gasteiger partial charge in [0.15, 0.2) is 0 Å². The van der Waals surface area contributed by atoms with Crippen LogP contribution in [0.4, 0.5) is 0 Å². The van der Waals surface area contributed by atoms with Crippen LogP contribution in [0.5, 0.6) is 5.75 Å². The molecule has 6 nitrogen and oxygen atoms in total. The topological polar surface area (TPSA) is 70.7 Å². The van der Waals surface area contributed by atoms with E-state index in [9.17, 15) is 9.59 Å². The predicted molar refractivity (Wildman–Crippen MR) is 109 cm³/mol. The standard InChI is InChI=1S/C20H31N3O3.ClH/c1-4-26-19-8-6-5-7-17(19)18(22-15(2)24)13-20(25)23-11-9-16(10-12-23)14-21-3;/h5-8,16,18,21H,4,9-14H2,1-3H3,(H,22,24);1H. The smallest absolute Gasteiger partial charge is 0.224 e. The molecule has 1 heterocycles. The summed E-state index contributed by atoms with van der Waals surface area (Å²) in [6.45, 7) is 6.50. The van der Waals surface area contributed by atoms with Crippen molar-refractivity contribution in [2.75, 3.05) is 33.3 Å². The summed E-state index contributed by atoms with van der Waals surface area (Å²) in [6.07, 6.45) is 2.29.